The van der Waals surface area contributed by atoms with E-state index in [0.29, 0.717) is 10.0 Å². The minimum Gasteiger partial charge on any atom is -0.422 e. The fourth-order valence-corrected chi connectivity index (χ4v) is 3.03. The van der Waals surface area contributed by atoms with Crippen LogP contribution in [-0.2, 0) is 4.79 Å². The van der Waals surface area contributed by atoms with Gasteiger partial charge in [-0.25, -0.2) is 10.2 Å². The molecule has 1 atom stereocenters. The summed E-state index contributed by atoms with van der Waals surface area (Å²) in [4.78, 5) is 35.1. The van der Waals surface area contributed by atoms with Crippen molar-refractivity contribution < 1.29 is 24.4 Å². The number of aliphatic hydroxyl groups excluding tert-OH is 1. The first-order valence-corrected chi connectivity index (χ1v) is 9.96. The lowest BCUT2D eigenvalue weighted by atomic mass is 10.1. The summed E-state index contributed by atoms with van der Waals surface area (Å²) >= 11 is 3.27. The Hall–Kier alpha value is -3.89. The second-order valence-electron chi connectivity index (χ2n) is 6.43. The lowest BCUT2D eigenvalue weighted by Gasteiger charge is -2.09. The number of nitrogens with zero attached hydrogens (tertiary/aromatic N) is 2. The third kappa shape index (κ3) is 5.84. The Morgan fingerprint density at radius 2 is 1.84 bits per heavy atom. The number of rotatable bonds is 7. The summed E-state index contributed by atoms with van der Waals surface area (Å²) < 4.78 is 6.04. The molecule has 32 heavy (non-hydrogen) atoms. The Kier molecular flexibility index (Phi) is 7.42. The maximum Gasteiger partial charge on any atom is 0.343 e. The number of nitro benzene ring substituents is 1. The summed E-state index contributed by atoms with van der Waals surface area (Å²) in [5.74, 6) is -1.48. The van der Waals surface area contributed by atoms with Crippen molar-refractivity contribution in [3.8, 4) is 5.75 Å². The van der Waals surface area contributed by atoms with Crippen molar-refractivity contribution in [2.45, 2.75) is 6.10 Å². The number of esters is 1. The van der Waals surface area contributed by atoms with Crippen molar-refractivity contribution in [2.24, 2.45) is 5.10 Å². The molecule has 0 fully saturated rings. The first kappa shape index (κ1) is 22.8. The predicted molar refractivity (Wildman–Crippen MR) is 119 cm³/mol. The van der Waals surface area contributed by atoms with Crippen molar-refractivity contribution in [3.05, 3.63) is 104 Å². The number of benzene rings is 3. The lowest BCUT2D eigenvalue weighted by Crippen LogP contribution is -2.25. The maximum absolute atomic E-state index is 12.4. The van der Waals surface area contributed by atoms with E-state index in [0.717, 1.165) is 12.3 Å². The van der Waals surface area contributed by atoms with Crippen molar-refractivity contribution in [3.63, 3.8) is 0 Å². The number of amides is 1. The second kappa shape index (κ2) is 10.4. The van der Waals surface area contributed by atoms with Crippen LogP contribution in [0, 0.1) is 10.1 Å². The summed E-state index contributed by atoms with van der Waals surface area (Å²) in [5, 5.41) is 24.9. The van der Waals surface area contributed by atoms with Crippen LogP contribution in [0.3, 0.4) is 0 Å². The lowest BCUT2D eigenvalue weighted by molar-refractivity contribution is -0.384. The number of nitro groups is 1. The highest BCUT2D eigenvalue weighted by Gasteiger charge is 2.17. The van der Waals surface area contributed by atoms with Crippen molar-refractivity contribution >= 4 is 39.7 Å². The molecule has 0 aliphatic carbocycles. The topological polar surface area (TPSA) is 131 Å². The van der Waals surface area contributed by atoms with Gasteiger partial charge in [0.1, 0.15) is 5.75 Å². The van der Waals surface area contributed by atoms with Gasteiger partial charge < -0.3 is 9.84 Å². The minimum atomic E-state index is -1.45. The zero-order valence-electron chi connectivity index (χ0n) is 16.3. The molecule has 3 aromatic carbocycles. The zero-order valence-corrected chi connectivity index (χ0v) is 17.9. The molecule has 10 heteroatoms. The van der Waals surface area contributed by atoms with Gasteiger partial charge >= 0.3 is 5.97 Å². The van der Waals surface area contributed by atoms with Crippen molar-refractivity contribution in [2.75, 3.05) is 0 Å². The van der Waals surface area contributed by atoms with E-state index in [1.807, 2.05) is 0 Å². The number of aliphatic hydroxyl groups is 1. The third-order valence-electron chi connectivity index (χ3n) is 4.21. The number of non-ortho nitro benzene ring substituents is 1. The number of carbonyl (C=O) groups is 2. The number of hydrogen-bond acceptors (Lipinski definition) is 7. The molecule has 0 spiro atoms. The van der Waals surface area contributed by atoms with Crippen LogP contribution in [0.1, 0.15) is 27.6 Å². The summed E-state index contributed by atoms with van der Waals surface area (Å²) in [6, 6.07) is 18.3. The predicted octanol–water partition coefficient (Wildman–Crippen LogP) is 3.76. The summed E-state index contributed by atoms with van der Waals surface area (Å²) in [7, 11) is 0. The van der Waals surface area contributed by atoms with E-state index >= 15 is 0 Å². The molecular formula is C22H16BrN3O6. The average molecular weight is 498 g/mol. The van der Waals surface area contributed by atoms with Crippen LogP contribution < -0.4 is 10.2 Å². The normalized spacial score (nSPS) is 11.7. The molecule has 0 aliphatic heterocycles. The Morgan fingerprint density at radius 3 is 2.53 bits per heavy atom. The SMILES string of the molecule is O=C(Oc1ccc([N+](=O)[O-])cc1/C=N\NC(=O)[C@H](O)c1ccccc1)c1cccc(Br)c1. The van der Waals surface area contributed by atoms with Gasteiger partial charge in [-0.3, -0.25) is 14.9 Å². The number of hydrogen-bond donors (Lipinski definition) is 2. The summed E-state index contributed by atoms with van der Waals surface area (Å²) in [5.41, 5.74) is 2.62. The first-order chi connectivity index (χ1) is 15.3. The van der Waals surface area contributed by atoms with Gasteiger partial charge in [0.15, 0.2) is 6.10 Å². The van der Waals surface area contributed by atoms with E-state index in [-0.39, 0.29) is 22.6 Å². The molecule has 0 aromatic heterocycles. The Balaban J connectivity index is 1.79. The molecule has 162 valence electrons. The molecule has 0 radical (unpaired) electrons. The standard InChI is InChI=1S/C22H16BrN3O6/c23-17-8-4-7-15(11-17)22(29)32-19-10-9-18(26(30)31)12-16(19)13-24-25-21(28)20(27)14-5-2-1-3-6-14/h1-13,20,27H,(H,25,28)/b24-13-/t20-/m1/s1. The van der Waals surface area contributed by atoms with Crippen LogP contribution >= 0.6 is 15.9 Å². The van der Waals surface area contributed by atoms with Gasteiger partial charge in [0, 0.05) is 22.2 Å². The van der Waals surface area contributed by atoms with Crippen molar-refractivity contribution in [1.29, 1.82) is 0 Å². The molecule has 3 aromatic rings. The molecule has 9 nitrogen and oxygen atoms in total. The number of halogens is 1. The van der Waals surface area contributed by atoms with Crippen LogP contribution in [0.2, 0.25) is 0 Å². The van der Waals surface area contributed by atoms with E-state index < -0.39 is 22.9 Å². The summed E-state index contributed by atoms with van der Waals surface area (Å²) in [6.45, 7) is 0. The third-order valence-corrected chi connectivity index (χ3v) is 4.70. The van der Waals surface area contributed by atoms with E-state index in [1.54, 1.807) is 54.6 Å². The largest absolute Gasteiger partial charge is 0.422 e. The molecule has 3 rings (SSSR count). The molecule has 0 unspecified atom stereocenters. The molecule has 0 aliphatic rings. The Labute approximate surface area is 190 Å². The molecule has 0 saturated carbocycles. The number of carbonyl (C=O) groups excluding carboxylic acids is 2. The van der Waals surface area contributed by atoms with Gasteiger partial charge in [0.05, 0.1) is 16.7 Å². The van der Waals surface area contributed by atoms with Gasteiger partial charge in [-0.15, -0.1) is 0 Å². The number of ether oxygens (including phenoxy) is 1. The van der Waals surface area contributed by atoms with Gasteiger partial charge in [-0.05, 0) is 29.8 Å². The first-order valence-electron chi connectivity index (χ1n) is 9.17. The Bertz CT molecular complexity index is 1180. The van der Waals surface area contributed by atoms with E-state index in [4.69, 9.17) is 4.74 Å². The number of hydrazone groups is 1. The number of nitrogens with one attached hydrogen (secondary N) is 1. The van der Waals surface area contributed by atoms with Crippen LogP contribution in [0.15, 0.2) is 82.4 Å². The molecule has 0 heterocycles. The van der Waals surface area contributed by atoms with Gasteiger partial charge in [0.25, 0.3) is 11.6 Å². The van der Waals surface area contributed by atoms with E-state index in [1.165, 1.54) is 12.1 Å². The van der Waals surface area contributed by atoms with Gasteiger partial charge in [0.2, 0.25) is 0 Å². The van der Waals surface area contributed by atoms with Crippen molar-refractivity contribution in [1.82, 2.24) is 5.43 Å². The highest BCUT2D eigenvalue weighted by atomic mass is 79.9. The molecule has 2 N–H and O–H groups in total. The quantitative estimate of drug-likeness (QED) is 0.168. The maximum atomic E-state index is 12.4. The highest BCUT2D eigenvalue weighted by molar-refractivity contribution is 9.10. The molecular weight excluding hydrogens is 482 g/mol. The highest BCUT2D eigenvalue weighted by Crippen LogP contribution is 2.24. The molecule has 0 bridgehead atoms. The smallest absolute Gasteiger partial charge is 0.343 e. The molecule has 1 amide bonds. The molecule has 0 saturated heterocycles. The second-order valence-corrected chi connectivity index (χ2v) is 7.34. The minimum absolute atomic E-state index is 0.00202. The van der Waals surface area contributed by atoms with Crippen LogP contribution in [0.25, 0.3) is 0 Å². The van der Waals surface area contributed by atoms with E-state index in [9.17, 15) is 24.8 Å². The van der Waals surface area contributed by atoms with Crippen LogP contribution in [0.4, 0.5) is 5.69 Å². The van der Waals surface area contributed by atoms with Crippen LogP contribution in [-0.4, -0.2) is 28.1 Å². The average Bonchev–Trinajstić information content (AvgIpc) is 2.79. The fourth-order valence-electron chi connectivity index (χ4n) is 2.63. The van der Waals surface area contributed by atoms with Gasteiger partial charge in [-0.1, -0.05) is 52.3 Å². The fraction of sp³-hybridized carbons (Fsp3) is 0.0455. The summed E-state index contributed by atoms with van der Waals surface area (Å²) in [6.07, 6.45) is -0.362. The van der Waals surface area contributed by atoms with E-state index in [2.05, 4.69) is 26.5 Å². The van der Waals surface area contributed by atoms with Gasteiger partial charge in [-0.2, -0.15) is 5.10 Å². The van der Waals surface area contributed by atoms with Crippen LogP contribution in [0.5, 0.6) is 5.75 Å². The zero-order chi connectivity index (χ0) is 23.1. The monoisotopic (exact) mass is 497 g/mol. The Morgan fingerprint density at radius 1 is 1.09 bits per heavy atom.